The summed E-state index contributed by atoms with van der Waals surface area (Å²) in [6.45, 7) is 1.45. The highest BCUT2D eigenvalue weighted by molar-refractivity contribution is 5.85. The molecule has 19 heavy (non-hydrogen) atoms. The third-order valence-corrected chi connectivity index (χ3v) is 2.83. The average molecular weight is 299 g/mol. The molecule has 0 spiro atoms. The van der Waals surface area contributed by atoms with E-state index in [-0.39, 0.29) is 30.9 Å². The lowest BCUT2D eigenvalue weighted by atomic mass is 10.1. The van der Waals surface area contributed by atoms with E-state index in [1.54, 1.807) is 0 Å². The van der Waals surface area contributed by atoms with Crippen molar-refractivity contribution in [2.75, 3.05) is 6.54 Å². The first-order valence-corrected chi connectivity index (χ1v) is 5.92. The normalized spacial score (nSPS) is 11.0. The van der Waals surface area contributed by atoms with E-state index in [4.69, 9.17) is 5.73 Å². The summed E-state index contributed by atoms with van der Waals surface area (Å²) in [5.41, 5.74) is 8.33. The lowest BCUT2D eigenvalue weighted by molar-refractivity contribution is 0.542. The molecule has 1 unspecified atom stereocenters. The Balaban J connectivity index is 0.00000162. The second-order valence-electron chi connectivity index (χ2n) is 4.07. The van der Waals surface area contributed by atoms with Crippen molar-refractivity contribution in [3.63, 3.8) is 0 Å². The van der Waals surface area contributed by atoms with E-state index in [1.165, 1.54) is 11.1 Å². The summed E-state index contributed by atoms with van der Waals surface area (Å²) in [5, 5.41) is 3.48. The van der Waals surface area contributed by atoms with Crippen LogP contribution in [0.3, 0.4) is 0 Å². The summed E-state index contributed by atoms with van der Waals surface area (Å²) in [6.07, 6.45) is 0. The Morgan fingerprint density at radius 1 is 0.842 bits per heavy atom. The fourth-order valence-electron chi connectivity index (χ4n) is 1.86. The fraction of sp³-hybridized carbons (Fsp3) is 0.200. The van der Waals surface area contributed by atoms with Crippen molar-refractivity contribution in [1.82, 2.24) is 5.32 Å². The molecule has 0 saturated heterocycles. The first-order chi connectivity index (χ1) is 8.40. The summed E-state index contributed by atoms with van der Waals surface area (Å²) in [6, 6.07) is 20.9. The fourth-order valence-corrected chi connectivity index (χ4v) is 1.86. The Morgan fingerprint density at radius 3 is 1.89 bits per heavy atom. The van der Waals surface area contributed by atoms with E-state index in [1.807, 2.05) is 24.3 Å². The Morgan fingerprint density at radius 2 is 1.37 bits per heavy atom. The van der Waals surface area contributed by atoms with Gasteiger partial charge >= 0.3 is 0 Å². The van der Waals surface area contributed by atoms with Gasteiger partial charge < -0.3 is 11.1 Å². The Bertz CT molecular complexity index is 434. The number of benzene rings is 2. The minimum atomic E-state index is 0. The predicted octanol–water partition coefficient (Wildman–Crippen LogP) is 3.32. The van der Waals surface area contributed by atoms with Crippen molar-refractivity contribution in [3.8, 4) is 0 Å². The van der Waals surface area contributed by atoms with Crippen LogP contribution >= 0.6 is 24.8 Å². The van der Waals surface area contributed by atoms with Crippen molar-refractivity contribution in [1.29, 1.82) is 0 Å². The number of halogens is 2. The number of hydrogen-bond donors (Lipinski definition) is 2. The third kappa shape index (κ3) is 5.62. The topological polar surface area (TPSA) is 38.0 Å². The van der Waals surface area contributed by atoms with Crippen molar-refractivity contribution >= 4 is 24.8 Å². The summed E-state index contributed by atoms with van der Waals surface area (Å²) in [7, 11) is 0. The Labute approximate surface area is 127 Å². The minimum absolute atomic E-state index is 0. The van der Waals surface area contributed by atoms with Gasteiger partial charge in [-0.2, -0.15) is 0 Å². The molecule has 0 aromatic heterocycles. The predicted molar refractivity (Wildman–Crippen MR) is 86.0 cm³/mol. The van der Waals surface area contributed by atoms with Crippen LogP contribution in [0.15, 0.2) is 60.7 Å². The van der Waals surface area contributed by atoms with Gasteiger partial charge in [0, 0.05) is 19.1 Å². The van der Waals surface area contributed by atoms with Gasteiger partial charge in [0.05, 0.1) is 0 Å². The maximum absolute atomic E-state index is 5.81. The van der Waals surface area contributed by atoms with Gasteiger partial charge in [0.2, 0.25) is 0 Å². The van der Waals surface area contributed by atoms with Gasteiger partial charge in [0.25, 0.3) is 0 Å². The largest absolute Gasteiger partial charge is 0.329 e. The highest BCUT2D eigenvalue weighted by Crippen LogP contribution is 2.11. The van der Waals surface area contributed by atoms with Crippen LogP contribution in [0.4, 0.5) is 0 Å². The molecule has 4 heteroatoms. The molecule has 0 radical (unpaired) electrons. The molecule has 0 saturated carbocycles. The molecule has 0 bridgehead atoms. The zero-order valence-electron chi connectivity index (χ0n) is 10.7. The number of nitrogens with two attached hydrogens (primary N) is 1. The first kappa shape index (κ1) is 17.9. The van der Waals surface area contributed by atoms with Gasteiger partial charge in [0.1, 0.15) is 0 Å². The van der Waals surface area contributed by atoms with Gasteiger partial charge in [0.15, 0.2) is 0 Å². The average Bonchev–Trinajstić information content (AvgIpc) is 2.42. The van der Waals surface area contributed by atoms with Gasteiger partial charge in [-0.15, -0.1) is 24.8 Å². The van der Waals surface area contributed by atoms with Gasteiger partial charge in [-0.1, -0.05) is 60.7 Å². The lowest BCUT2D eigenvalue weighted by Gasteiger charge is -2.17. The monoisotopic (exact) mass is 298 g/mol. The van der Waals surface area contributed by atoms with Gasteiger partial charge in [-0.3, -0.25) is 0 Å². The molecule has 0 heterocycles. The smallest absolute Gasteiger partial charge is 0.0447 e. The third-order valence-electron chi connectivity index (χ3n) is 2.83. The van der Waals surface area contributed by atoms with Crippen LogP contribution in [0.5, 0.6) is 0 Å². The molecule has 0 aliphatic carbocycles. The molecule has 0 fully saturated rings. The molecule has 0 amide bonds. The molecule has 2 nitrogen and oxygen atoms in total. The minimum Gasteiger partial charge on any atom is -0.329 e. The molecule has 0 aliphatic rings. The highest BCUT2D eigenvalue weighted by atomic mass is 35.5. The Kier molecular flexibility index (Phi) is 9.27. The summed E-state index contributed by atoms with van der Waals surface area (Å²) in [4.78, 5) is 0. The molecule has 2 aromatic rings. The van der Waals surface area contributed by atoms with E-state index >= 15 is 0 Å². The number of nitrogens with one attached hydrogen (secondary N) is 1. The van der Waals surface area contributed by atoms with E-state index in [0.717, 1.165) is 6.54 Å². The highest BCUT2D eigenvalue weighted by Gasteiger charge is 2.07. The quantitative estimate of drug-likeness (QED) is 0.889. The van der Waals surface area contributed by atoms with Crippen LogP contribution in [0.25, 0.3) is 0 Å². The van der Waals surface area contributed by atoms with Crippen molar-refractivity contribution in [2.45, 2.75) is 12.6 Å². The Hall–Kier alpha value is -1.06. The molecule has 104 valence electrons. The van der Waals surface area contributed by atoms with E-state index in [2.05, 4.69) is 41.7 Å². The lowest BCUT2D eigenvalue weighted by Crippen LogP contribution is -2.27. The summed E-state index contributed by atoms with van der Waals surface area (Å²) >= 11 is 0. The first-order valence-electron chi connectivity index (χ1n) is 5.92. The zero-order valence-corrected chi connectivity index (χ0v) is 12.3. The SMILES string of the molecule is Cl.Cl.NCC(NCc1ccccc1)c1ccccc1. The number of hydrogen-bond acceptors (Lipinski definition) is 2. The van der Waals surface area contributed by atoms with E-state index in [9.17, 15) is 0 Å². The molecule has 2 rings (SSSR count). The van der Waals surface area contributed by atoms with Gasteiger partial charge in [-0.05, 0) is 11.1 Å². The number of rotatable bonds is 5. The summed E-state index contributed by atoms with van der Waals surface area (Å²) in [5.74, 6) is 0. The van der Waals surface area contributed by atoms with E-state index < -0.39 is 0 Å². The van der Waals surface area contributed by atoms with Crippen molar-refractivity contribution in [2.24, 2.45) is 5.73 Å². The van der Waals surface area contributed by atoms with Crippen LogP contribution < -0.4 is 11.1 Å². The second-order valence-corrected chi connectivity index (χ2v) is 4.07. The molecule has 1 atom stereocenters. The van der Waals surface area contributed by atoms with Crippen LogP contribution in [0.1, 0.15) is 17.2 Å². The van der Waals surface area contributed by atoms with Crippen molar-refractivity contribution in [3.05, 3.63) is 71.8 Å². The second kappa shape index (κ2) is 9.82. The van der Waals surface area contributed by atoms with Crippen LogP contribution in [0.2, 0.25) is 0 Å². The molecular weight excluding hydrogens is 279 g/mol. The summed E-state index contributed by atoms with van der Waals surface area (Å²) < 4.78 is 0. The molecule has 0 aliphatic heterocycles. The van der Waals surface area contributed by atoms with Crippen LogP contribution in [-0.2, 0) is 6.54 Å². The maximum Gasteiger partial charge on any atom is 0.0447 e. The zero-order chi connectivity index (χ0) is 11.9. The van der Waals surface area contributed by atoms with Gasteiger partial charge in [-0.25, -0.2) is 0 Å². The molecular formula is C15H20Cl2N2. The van der Waals surface area contributed by atoms with E-state index in [0.29, 0.717) is 6.54 Å². The van der Waals surface area contributed by atoms with Crippen molar-refractivity contribution < 1.29 is 0 Å². The van der Waals surface area contributed by atoms with Crippen LogP contribution in [-0.4, -0.2) is 6.54 Å². The molecule has 3 N–H and O–H groups in total. The standard InChI is InChI=1S/C15H18N2.2ClH/c16-11-15(14-9-5-2-6-10-14)17-12-13-7-3-1-4-8-13;;/h1-10,15,17H,11-12,16H2;2*1H. The molecule has 2 aromatic carbocycles. The van der Waals surface area contributed by atoms with Crippen LogP contribution in [0, 0.1) is 0 Å². The maximum atomic E-state index is 5.81.